The molecule has 1 aliphatic rings. The number of fused-ring (bicyclic) bond motifs is 11. The molecule has 0 radical (unpaired) electrons. The third-order valence-corrected chi connectivity index (χ3v) is 11.3. The van der Waals surface area contributed by atoms with E-state index in [9.17, 15) is 0 Å². The zero-order valence-corrected chi connectivity index (χ0v) is 25.6. The highest BCUT2D eigenvalue weighted by Crippen LogP contribution is 2.49. The number of hydrogen-bond donors (Lipinski definition) is 0. The molecule has 1 aliphatic carbocycles. The van der Waals surface area contributed by atoms with Gasteiger partial charge < -0.3 is 4.57 Å². The molecule has 0 fully saturated rings. The molecule has 0 unspecified atom stereocenters. The van der Waals surface area contributed by atoms with Crippen LogP contribution in [-0.2, 0) is 0 Å². The fraction of sp³-hybridized carbons (Fsp3) is 0. The van der Waals surface area contributed by atoms with Crippen LogP contribution in [-0.4, -0.2) is 4.57 Å². The second-order valence-electron chi connectivity index (χ2n) is 12.5. The van der Waals surface area contributed by atoms with Crippen molar-refractivity contribution in [1.29, 1.82) is 0 Å². The molecule has 8 aromatic carbocycles. The second kappa shape index (κ2) is 8.94. The third kappa shape index (κ3) is 3.19. The molecule has 46 heavy (non-hydrogen) atoms. The van der Waals surface area contributed by atoms with Crippen LogP contribution in [0.15, 0.2) is 152 Å². The third-order valence-electron chi connectivity index (χ3n) is 10.1. The normalized spacial score (nSPS) is 12.3. The Kier molecular flexibility index (Phi) is 4.78. The molecule has 11 rings (SSSR count). The van der Waals surface area contributed by atoms with E-state index in [-0.39, 0.29) is 0 Å². The fourth-order valence-corrected chi connectivity index (χ4v) is 9.20. The van der Waals surface area contributed by atoms with E-state index in [0.717, 1.165) is 0 Å². The van der Waals surface area contributed by atoms with Crippen LogP contribution in [0.3, 0.4) is 0 Å². The Bertz CT molecular complexity index is 2890. The Morgan fingerprint density at radius 3 is 1.96 bits per heavy atom. The molecular weight excluding hydrogens is 575 g/mol. The van der Waals surface area contributed by atoms with E-state index < -0.39 is 0 Å². The first kappa shape index (κ1) is 24.6. The van der Waals surface area contributed by atoms with Gasteiger partial charge in [0.2, 0.25) is 0 Å². The first-order chi connectivity index (χ1) is 22.8. The molecular formula is C44H25NS. The molecule has 1 nitrogen and oxygen atoms in total. The van der Waals surface area contributed by atoms with E-state index in [0.29, 0.717) is 0 Å². The van der Waals surface area contributed by atoms with E-state index >= 15 is 0 Å². The van der Waals surface area contributed by atoms with Crippen LogP contribution in [0.5, 0.6) is 0 Å². The number of rotatable bonds is 2. The molecule has 0 bridgehead atoms. The summed E-state index contributed by atoms with van der Waals surface area (Å²) in [4.78, 5) is 0. The van der Waals surface area contributed by atoms with Gasteiger partial charge in [0.25, 0.3) is 0 Å². The predicted molar refractivity (Wildman–Crippen MR) is 199 cm³/mol. The van der Waals surface area contributed by atoms with Gasteiger partial charge in [0.1, 0.15) is 0 Å². The average molecular weight is 600 g/mol. The molecule has 0 N–H and O–H groups in total. The molecule has 0 saturated carbocycles. The average Bonchev–Trinajstić information content (AvgIpc) is 3.77. The molecule has 0 spiro atoms. The second-order valence-corrected chi connectivity index (χ2v) is 13.5. The maximum absolute atomic E-state index is 2.47. The summed E-state index contributed by atoms with van der Waals surface area (Å²) >= 11 is 1.88. The highest BCUT2D eigenvalue weighted by atomic mass is 32.1. The highest BCUT2D eigenvalue weighted by molar-refractivity contribution is 7.25. The highest BCUT2D eigenvalue weighted by Gasteiger charge is 2.22. The maximum atomic E-state index is 2.47. The van der Waals surface area contributed by atoms with Gasteiger partial charge in [-0.2, -0.15) is 0 Å². The van der Waals surface area contributed by atoms with Crippen LogP contribution in [0.2, 0.25) is 0 Å². The SMILES string of the molecule is c1ccc2c(c1)-c1cccc3c(-c4ccc5sc6ccc(-n7c8ccccc8c8ccc9ccccc9c87)cc6c5c4)ccc-2c13. The van der Waals surface area contributed by atoms with E-state index in [1.807, 2.05) is 11.3 Å². The topological polar surface area (TPSA) is 4.93 Å². The minimum Gasteiger partial charge on any atom is -0.309 e. The van der Waals surface area contributed by atoms with Gasteiger partial charge in [-0.15, -0.1) is 11.3 Å². The van der Waals surface area contributed by atoms with Gasteiger partial charge in [-0.05, 0) is 85.9 Å². The van der Waals surface area contributed by atoms with Crippen molar-refractivity contribution in [1.82, 2.24) is 4.57 Å². The summed E-state index contributed by atoms with van der Waals surface area (Å²) in [6.45, 7) is 0. The number of aromatic nitrogens is 1. The number of benzene rings is 8. The van der Waals surface area contributed by atoms with Gasteiger partial charge >= 0.3 is 0 Å². The zero-order valence-electron chi connectivity index (χ0n) is 24.8. The molecule has 0 atom stereocenters. The summed E-state index contributed by atoms with van der Waals surface area (Å²) in [6, 6.07) is 56.4. The van der Waals surface area contributed by atoms with Crippen molar-refractivity contribution in [2.24, 2.45) is 0 Å². The van der Waals surface area contributed by atoms with Crippen LogP contribution in [0, 0.1) is 0 Å². The fourth-order valence-electron chi connectivity index (χ4n) is 8.13. The van der Waals surface area contributed by atoms with Gasteiger partial charge in [-0.25, -0.2) is 0 Å². The first-order valence-electron chi connectivity index (χ1n) is 15.9. The van der Waals surface area contributed by atoms with Crippen molar-refractivity contribution < 1.29 is 0 Å². The van der Waals surface area contributed by atoms with Gasteiger partial charge in [0.15, 0.2) is 0 Å². The molecule has 0 aliphatic heterocycles. The van der Waals surface area contributed by atoms with Crippen LogP contribution in [0.4, 0.5) is 0 Å². The Labute approximate surface area is 269 Å². The Morgan fingerprint density at radius 1 is 0.391 bits per heavy atom. The lowest BCUT2D eigenvalue weighted by Gasteiger charge is -2.11. The predicted octanol–water partition coefficient (Wildman–Crippen LogP) is 12.8. The van der Waals surface area contributed by atoms with E-state index in [2.05, 4.69) is 156 Å². The molecule has 0 amide bonds. The lowest BCUT2D eigenvalue weighted by atomic mass is 9.93. The summed E-state index contributed by atoms with van der Waals surface area (Å²) in [6.07, 6.45) is 0. The quantitative estimate of drug-likeness (QED) is 0.186. The van der Waals surface area contributed by atoms with E-state index in [1.165, 1.54) is 103 Å². The van der Waals surface area contributed by atoms with Crippen LogP contribution >= 0.6 is 11.3 Å². The van der Waals surface area contributed by atoms with Crippen molar-refractivity contribution in [2.75, 3.05) is 0 Å². The molecule has 0 saturated heterocycles. The van der Waals surface area contributed by atoms with Crippen molar-refractivity contribution in [3.63, 3.8) is 0 Å². The molecule has 212 valence electrons. The zero-order chi connectivity index (χ0) is 29.9. The Hall–Kier alpha value is -5.70. The van der Waals surface area contributed by atoms with Gasteiger partial charge in [-0.3, -0.25) is 0 Å². The van der Waals surface area contributed by atoms with Crippen molar-refractivity contribution >= 4 is 74.9 Å². The van der Waals surface area contributed by atoms with Crippen molar-refractivity contribution in [2.45, 2.75) is 0 Å². The summed E-state index contributed by atoms with van der Waals surface area (Å²) in [5, 5.41) is 10.4. The summed E-state index contributed by atoms with van der Waals surface area (Å²) in [5.74, 6) is 0. The molecule has 2 heterocycles. The standard InChI is InChI=1S/C44H25NS/c1-2-9-30-26(8-1)16-19-37-33-12-5-6-15-40(33)45(44(30)37)28-18-23-42-39(25-28)38-24-27(17-22-41(38)46-42)29-20-21-36-32-11-4-3-10-31(32)35-14-7-13-34(29)43(35)36/h1-25H. The largest absolute Gasteiger partial charge is 0.309 e. The monoisotopic (exact) mass is 599 g/mol. The van der Waals surface area contributed by atoms with E-state index in [4.69, 9.17) is 0 Å². The molecule has 2 aromatic heterocycles. The van der Waals surface area contributed by atoms with Crippen molar-refractivity contribution in [3.05, 3.63) is 152 Å². The van der Waals surface area contributed by atoms with Crippen molar-refractivity contribution in [3.8, 4) is 39.1 Å². The maximum Gasteiger partial charge on any atom is 0.0619 e. The lowest BCUT2D eigenvalue weighted by Crippen LogP contribution is -1.94. The summed E-state index contributed by atoms with van der Waals surface area (Å²) in [7, 11) is 0. The van der Waals surface area contributed by atoms with Crippen LogP contribution in [0.25, 0.3) is 103 Å². The number of para-hydroxylation sites is 1. The molecule has 2 heteroatoms. The minimum atomic E-state index is 1.20. The number of nitrogens with zero attached hydrogens (tertiary/aromatic N) is 1. The Morgan fingerprint density at radius 2 is 1.07 bits per heavy atom. The lowest BCUT2D eigenvalue weighted by molar-refractivity contribution is 1.19. The summed E-state index contributed by atoms with van der Waals surface area (Å²) < 4.78 is 5.11. The van der Waals surface area contributed by atoms with Crippen LogP contribution in [0.1, 0.15) is 0 Å². The van der Waals surface area contributed by atoms with Crippen LogP contribution < -0.4 is 0 Å². The molecule has 10 aromatic rings. The minimum absolute atomic E-state index is 1.20. The smallest absolute Gasteiger partial charge is 0.0619 e. The van der Waals surface area contributed by atoms with Gasteiger partial charge in [0.05, 0.1) is 11.0 Å². The van der Waals surface area contributed by atoms with Gasteiger partial charge in [0, 0.05) is 42.0 Å². The Balaban J connectivity index is 1.16. The van der Waals surface area contributed by atoms with E-state index in [1.54, 1.807) is 0 Å². The number of hydrogen-bond acceptors (Lipinski definition) is 1. The number of thiophene rings is 1. The first-order valence-corrected chi connectivity index (χ1v) is 16.7. The summed E-state index contributed by atoms with van der Waals surface area (Å²) in [5.41, 5.74) is 11.6. The van der Waals surface area contributed by atoms with Gasteiger partial charge in [-0.1, -0.05) is 115 Å².